The molecule has 2 aromatic heterocycles. The zero-order valence-electron chi connectivity index (χ0n) is 11.7. The Labute approximate surface area is 126 Å². The lowest BCUT2D eigenvalue weighted by molar-refractivity contribution is 0.410. The van der Waals surface area contributed by atoms with Crippen LogP contribution < -0.4 is 15.8 Å². The number of ether oxygens (including phenoxy) is 1. The molecule has 0 aliphatic carbocycles. The Morgan fingerprint density at radius 2 is 2.09 bits per heavy atom. The number of methoxy groups -OCH3 is 1. The molecule has 112 valence electrons. The normalized spacial score (nSPS) is 10.4. The van der Waals surface area contributed by atoms with Gasteiger partial charge in [0.05, 0.1) is 30.8 Å². The van der Waals surface area contributed by atoms with Crippen molar-refractivity contribution in [1.29, 1.82) is 0 Å². The number of phenolic OH excluding ortho intramolecular Hbond substituents is 1. The predicted octanol–water partition coefficient (Wildman–Crippen LogP) is 1.91. The number of H-pyrrole nitrogens is 1. The summed E-state index contributed by atoms with van der Waals surface area (Å²) in [5, 5.41) is 20.0. The highest BCUT2D eigenvalue weighted by atomic mass is 16.5. The van der Waals surface area contributed by atoms with Crippen molar-refractivity contribution < 1.29 is 9.84 Å². The average Bonchev–Trinajstić information content (AvgIpc) is 2.97. The second-order valence-electron chi connectivity index (χ2n) is 4.47. The van der Waals surface area contributed by atoms with Crippen LogP contribution in [0.2, 0.25) is 0 Å². The molecule has 0 amide bonds. The van der Waals surface area contributed by atoms with Crippen LogP contribution in [0, 0.1) is 0 Å². The number of hydrogen-bond donors (Lipinski definition) is 4. The standard InChI is InChI=1S/C14H14N6O2/c1-22-10-4-2-3-9(21)14(10)8-5-12(20-19-8)18-13-7-16-11(15)6-17-13/h2-7,21H,1H3,(H2,15,16)(H2,17,18,19,20). The Balaban J connectivity index is 1.89. The summed E-state index contributed by atoms with van der Waals surface area (Å²) in [4.78, 5) is 8.02. The minimum atomic E-state index is 0.0989. The zero-order chi connectivity index (χ0) is 15.5. The van der Waals surface area contributed by atoms with Crippen molar-refractivity contribution in [2.24, 2.45) is 0 Å². The smallest absolute Gasteiger partial charge is 0.153 e. The summed E-state index contributed by atoms with van der Waals surface area (Å²) >= 11 is 0. The number of nitrogens with zero attached hydrogens (tertiary/aromatic N) is 3. The van der Waals surface area contributed by atoms with Gasteiger partial charge < -0.3 is 20.9 Å². The molecule has 0 bridgehead atoms. The van der Waals surface area contributed by atoms with Crippen molar-refractivity contribution in [3.8, 4) is 22.8 Å². The second-order valence-corrected chi connectivity index (χ2v) is 4.47. The number of phenols is 1. The number of rotatable bonds is 4. The molecule has 0 saturated carbocycles. The highest BCUT2D eigenvalue weighted by molar-refractivity contribution is 5.75. The Morgan fingerprint density at radius 3 is 2.82 bits per heavy atom. The number of anilines is 3. The van der Waals surface area contributed by atoms with Gasteiger partial charge in [-0.3, -0.25) is 5.10 Å². The molecule has 0 atom stereocenters. The predicted molar refractivity (Wildman–Crippen MR) is 82.0 cm³/mol. The lowest BCUT2D eigenvalue weighted by atomic mass is 10.1. The van der Waals surface area contributed by atoms with Crippen LogP contribution >= 0.6 is 0 Å². The fraction of sp³-hybridized carbons (Fsp3) is 0.0714. The van der Waals surface area contributed by atoms with Gasteiger partial charge in [0, 0.05) is 6.07 Å². The molecule has 8 nitrogen and oxygen atoms in total. The molecule has 0 saturated heterocycles. The van der Waals surface area contributed by atoms with Crippen molar-refractivity contribution >= 4 is 17.5 Å². The monoisotopic (exact) mass is 298 g/mol. The largest absolute Gasteiger partial charge is 0.507 e. The summed E-state index contributed by atoms with van der Waals surface area (Å²) < 4.78 is 5.26. The number of aromatic hydroxyl groups is 1. The van der Waals surface area contributed by atoms with E-state index in [-0.39, 0.29) is 5.75 Å². The third-order valence-electron chi connectivity index (χ3n) is 3.00. The van der Waals surface area contributed by atoms with Crippen molar-refractivity contribution in [3.63, 3.8) is 0 Å². The third kappa shape index (κ3) is 2.62. The molecule has 0 unspecified atom stereocenters. The highest BCUT2D eigenvalue weighted by Gasteiger charge is 2.14. The van der Waals surface area contributed by atoms with E-state index in [4.69, 9.17) is 10.5 Å². The van der Waals surface area contributed by atoms with Crippen LogP contribution in [0.25, 0.3) is 11.3 Å². The highest BCUT2D eigenvalue weighted by Crippen LogP contribution is 2.37. The fourth-order valence-corrected chi connectivity index (χ4v) is 2.01. The van der Waals surface area contributed by atoms with E-state index < -0.39 is 0 Å². The molecule has 0 spiro atoms. The van der Waals surface area contributed by atoms with E-state index in [1.54, 1.807) is 24.3 Å². The summed E-state index contributed by atoms with van der Waals surface area (Å²) in [6, 6.07) is 6.78. The molecule has 8 heteroatoms. The van der Waals surface area contributed by atoms with Gasteiger partial charge in [-0.15, -0.1) is 0 Å². The molecule has 0 radical (unpaired) electrons. The van der Waals surface area contributed by atoms with Gasteiger partial charge in [0.25, 0.3) is 0 Å². The first-order valence-electron chi connectivity index (χ1n) is 6.43. The number of aromatic amines is 1. The molecular weight excluding hydrogens is 284 g/mol. The summed E-state index contributed by atoms with van der Waals surface area (Å²) in [6.07, 6.45) is 2.95. The molecule has 5 N–H and O–H groups in total. The Kier molecular flexibility index (Phi) is 3.48. The van der Waals surface area contributed by atoms with Gasteiger partial charge in [-0.25, -0.2) is 9.97 Å². The van der Waals surface area contributed by atoms with Gasteiger partial charge in [-0.1, -0.05) is 6.07 Å². The number of aromatic nitrogens is 4. The van der Waals surface area contributed by atoms with Gasteiger partial charge in [-0.05, 0) is 12.1 Å². The number of nitrogens with one attached hydrogen (secondary N) is 2. The van der Waals surface area contributed by atoms with Crippen LogP contribution in [0.3, 0.4) is 0 Å². The summed E-state index contributed by atoms with van der Waals surface area (Å²) in [5.41, 5.74) is 6.63. The molecule has 0 fully saturated rings. The third-order valence-corrected chi connectivity index (χ3v) is 3.00. The van der Waals surface area contributed by atoms with Crippen LogP contribution in [-0.4, -0.2) is 32.4 Å². The summed E-state index contributed by atoms with van der Waals surface area (Å²) in [6.45, 7) is 0. The summed E-state index contributed by atoms with van der Waals surface area (Å²) in [7, 11) is 1.54. The van der Waals surface area contributed by atoms with Gasteiger partial charge >= 0.3 is 0 Å². The first-order valence-corrected chi connectivity index (χ1v) is 6.43. The number of benzene rings is 1. The van der Waals surface area contributed by atoms with E-state index in [0.717, 1.165) is 0 Å². The van der Waals surface area contributed by atoms with Gasteiger partial charge in [-0.2, -0.15) is 5.10 Å². The van der Waals surface area contributed by atoms with Crippen LogP contribution in [0.15, 0.2) is 36.7 Å². The average molecular weight is 298 g/mol. The maximum Gasteiger partial charge on any atom is 0.153 e. The molecule has 1 aromatic carbocycles. The van der Waals surface area contributed by atoms with Crippen molar-refractivity contribution in [3.05, 3.63) is 36.7 Å². The van der Waals surface area contributed by atoms with Gasteiger partial charge in [0.2, 0.25) is 0 Å². The zero-order valence-corrected chi connectivity index (χ0v) is 11.7. The van der Waals surface area contributed by atoms with E-state index in [1.165, 1.54) is 19.5 Å². The lowest BCUT2D eigenvalue weighted by Crippen LogP contribution is -1.97. The van der Waals surface area contributed by atoms with E-state index in [0.29, 0.717) is 34.5 Å². The molecule has 0 aliphatic heterocycles. The molecular formula is C14H14N6O2. The van der Waals surface area contributed by atoms with E-state index >= 15 is 0 Å². The molecule has 3 rings (SSSR count). The minimum Gasteiger partial charge on any atom is -0.507 e. The van der Waals surface area contributed by atoms with E-state index in [2.05, 4.69) is 25.5 Å². The Hall–Kier alpha value is -3.29. The van der Waals surface area contributed by atoms with Crippen LogP contribution in [0.1, 0.15) is 0 Å². The Morgan fingerprint density at radius 1 is 1.23 bits per heavy atom. The van der Waals surface area contributed by atoms with Crippen LogP contribution in [0.5, 0.6) is 11.5 Å². The van der Waals surface area contributed by atoms with Crippen LogP contribution in [-0.2, 0) is 0 Å². The van der Waals surface area contributed by atoms with Crippen molar-refractivity contribution in [1.82, 2.24) is 20.2 Å². The number of nitrogens with two attached hydrogens (primary N) is 1. The Bertz CT molecular complexity index is 784. The lowest BCUT2D eigenvalue weighted by Gasteiger charge is -2.07. The maximum atomic E-state index is 10.0. The van der Waals surface area contributed by atoms with Gasteiger partial charge in [0.15, 0.2) is 5.82 Å². The minimum absolute atomic E-state index is 0.0989. The van der Waals surface area contributed by atoms with Gasteiger partial charge in [0.1, 0.15) is 23.1 Å². The second kappa shape index (κ2) is 5.60. The topological polar surface area (TPSA) is 122 Å². The van der Waals surface area contributed by atoms with E-state index in [9.17, 15) is 5.11 Å². The molecule has 22 heavy (non-hydrogen) atoms. The SMILES string of the molecule is COc1cccc(O)c1-c1cc(Nc2cnc(N)cn2)n[nH]1. The number of hydrogen-bond acceptors (Lipinski definition) is 7. The maximum absolute atomic E-state index is 10.0. The first-order chi connectivity index (χ1) is 10.7. The molecule has 0 aliphatic rings. The number of nitrogen functional groups attached to an aromatic ring is 1. The van der Waals surface area contributed by atoms with Crippen LogP contribution in [0.4, 0.5) is 17.5 Å². The summed E-state index contributed by atoms with van der Waals surface area (Å²) in [5.74, 6) is 2.02. The van der Waals surface area contributed by atoms with Crippen molar-refractivity contribution in [2.45, 2.75) is 0 Å². The van der Waals surface area contributed by atoms with Crippen molar-refractivity contribution in [2.75, 3.05) is 18.2 Å². The first kappa shape index (κ1) is 13.7. The molecule has 3 aromatic rings. The quantitative estimate of drug-likeness (QED) is 0.580. The fourth-order valence-electron chi connectivity index (χ4n) is 2.01. The molecule has 2 heterocycles. The van der Waals surface area contributed by atoms with E-state index in [1.807, 2.05) is 0 Å².